The van der Waals surface area contributed by atoms with Gasteiger partial charge in [0.2, 0.25) is 11.8 Å². The third-order valence-corrected chi connectivity index (χ3v) is 7.56. The molecule has 4 atom stereocenters. The Labute approximate surface area is 265 Å². The lowest BCUT2D eigenvalue weighted by Crippen LogP contribution is -2.33. The number of hydrogen-bond donors (Lipinski definition) is 1. The quantitative estimate of drug-likeness (QED) is 0.142. The minimum Gasteiger partial charge on any atom is -0.445 e. The molecule has 240 valence electrons. The number of amides is 2. The molecule has 4 heterocycles. The molecule has 46 heavy (non-hydrogen) atoms. The molecule has 2 aromatic heterocycles. The van der Waals surface area contributed by atoms with E-state index in [1.807, 2.05) is 67.6 Å². The molecule has 0 bridgehead atoms. The number of hydrogen-bond acceptors (Lipinski definition) is 10. The zero-order valence-electron chi connectivity index (χ0n) is 25.6. The van der Waals surface area contributed by atoms with Gasteiger partial charge in [-0.15, -0.1) is 0 Å². The number of rotatable bonds is 7. The van der Waals surface area contributed by atoms with Gasteiger partial charge in [0.05, 0.1) is 18.4 Å². The molecule has 0 radical (unpaired) electrons. The van der Waals surface area contributed by atoms with E-state index in [0.717, 1.165) is 11.1 Å². The van der Waals surface area contributed by atoms with E-state index in [9.17, 15) is 9.59 Å². The fraction of sp³-hybridized carbons (Fsp3) is 0.375. The Morgan fingerprint density at radius 3 is 1.78 bits per heavy atom. The summed E-state index contributed by atoms with van der Waals surface area (Å²) in [4.78, 5) is 39.1. The summed E-state index contributed by atoms with van der Waals surface area (Å²) in [6, 6.07) is 17.9. The van der Waals surface area contributed by atoms with Crippen molar-refractivity contribution in [2.45, 2.75) is 64.1 Å². The van der Waals surface area contributed by atoms with Crippen molar-refractivity contribution in [2.24, 2.45) is 10.8 Å². The molecule has 14 heteroatoms. The first-order chi connectivity index (χ1) is 22.3. The van der Waals surface area contributed by atoms with Crippen LogP contribution in [0.3, 0.4) is 0 Å². The average molecular weight is 629 g/mol. The monoisotopic (exact) mass is 628 g/mol. The Hall–Kier alpha value is -5.33. The summed E-state index contributed by atoms with van der Waals surface area (Å²) in [5.41, 5.74) is 16.5. The molecule has 0 unspecified atom stereocenters. The van der Waals surface area contributed by atoms with Crippen molar-refractivity contribution in [1.29, 1.82) is 0 Å². The number of carbonyl (C=O) groups is 2. The molecule has 2 saturated heterocycles. The lowest BCUT2D eigenvalue weighted by Gasteiger charge is -2.21. The Kier molecular flexibility index (Phi) is 10.5. The average Bonchev–Trinajstić information content (AvgIpc) is 3.87. The van der Waals surface area contributed by atoms with Gasteiger partial charge in [-0.25, -0.2) is 19.6 Å². The second kappa shape index (κ2) is 15.1. The van der Waals surface area contributed by atoms with Gasteiger partial charge in [0.1, 0.15) is 36.8 Å². The highest BCUT2D eigenvalue weighted by Crippen LogP contribution is 2.34. The van der Waals surface area contributed by atoms with Crippen LogP contribution in [0.2, 0.25) is 0 Å². The molecular weight excluding hydrogens is 592 g/mol. The maximum Gasteiger partial charge on any atom is 0.410 e. The number of likely N-dealkylation sites (tertiary alicyclic amines) is 2. The predicted molar refractivity (Wildman–Crippen MR) is 165 cm³/mol. The second-order valence-electron chi connectivity index (χ2n) is 11.1. The number of nitrogens with zero attached hydrogens (tertiary/aromatic N) is 7. The van der Waals surface area contributed by atoms with E-state index < -0.39 is 18.2 Å². The van der Waals surface area contributed by atoms with Crippen molar-refractivity contribution < 1.29 is 27.9 Å². The maximum absolute atomic E-state index is 12.5. The van der Waals surface area contributed by atoms with Gasteiger partial charge in [0.15, 0.2) is 0 Å². The van der Waals surface area contributed by atoms with Crippen molar-refractivity contribution in [2.75, 3.05) is 13.1 Å². The molecule has 2 N–H and O–H groups in total. The minimum absolute atomic E-state index is 0.0959. The van der Waals surface area contributed by atoms with Crippen LogP contribution in [0, 0.1) is 13.8 Å². The SMILES string of the molecule is Cc1cnc([C@@H]2C[C@H](N)CN2C(=O)OCc2ccccc2)o1.Cc1cnc([C@@H]2C[C@H](N=[N+]=[N-])CN2C(=O)OCc2ccccc2)o1. The third kappa shape index (κ3) is 8.23. The molecule has 0 spiro atoms. The second-order valence-corrected chi connectivity index (χ2v) is 11.1. The zero-order chi connectivity index (χ0) is 32.5. The number of nitrogens with two attached hydrogens (primary N) is 1. The van der Waals surface area contributed by atoms with Gasteiger partial charge in [-0.05, 0) is 43.3 Å². The normalized spacial score (nSPS) is 20.4. The molecule has 2 aromatic carbocycles. The fourth-order valence-corrected chi connectivity index (χ4v) is 5.37. The summed E-state index contributed by atoms with van der Waals surface area (Å²) in [5, 5.41) is 3.72. The Bertz CT molecular complexity index is 1640. The summed E-state index contributed by atoms with van der Waals surface area (Å²) >= 11 is 0. The largest absolute Gasteiger partial charge is 0.445 e. The van der Waals surface area contributed by atoms with Crippen molar-refractivity contribution in [1.82, 2.24) is 19.8 Å². The van der Waals surface area contributed by atoms with Gasteiger partial charge >= 0.3 is 12.2 Å². The van der Waals surface area contributed by atoms with E-state index in [2.05, 4.69) is 20.0 Å². The predicted octanol–water partition coefficient (Wildman–Crippen LogP) is 6.14. The van der Waals surface area contributed by atoms with Crippen LogP contribution in [-0.4, -0.2) is 57.1 Å². The first-order valence-corrected chi connectivity index (χ1v) is 14.9. The minimum atomic E-state index is -0.477. The van der Waals surface area contributed by atoms with E-state index in [1.165, 1.54) is 4.90 Å². The van der Waals surface area contributed by atoms with Crippen LogP contribution < -0.4 is 5.73 Å². The van der Waals surface area contributed by atoms with Crippen LogP contribution in [0.5, 0.6) is 0 Å². The maximum atomic E-state index is 12.5. The highest BCUT2D eigenvalue weighted by Gasteiger charge is 2.40. The number of aryl methyl sites for hydroxylation is 2. The topological polar surface area (TPSA) is 186 Å². The molecule has 6 rings (SSSR count). The van der Waals surface area contributed by atoms with Crippen LogP contribution in [-0.2, 0) is 22.7 Å². The van der Waals surface area contributed by atoms with E-state index >= 15 is 0 Å². The first kappa shape index (κ1) is 32.1. The fourth-order valence-electron chi connectivity index (χ4n) is 5.37. The smallest absolute Gasteiger partial charge is 0.410 e. The molecule has 2 aliphatic heterocycles. The number of azide groups is 1. The van der Waals surface area contributed by atoms with Crippen molar-refractivity contribution >= 4 is 12.2 Å². The molecule has 0 saturated carbocycles. The highest BCUT2D eigenvalue weighted by molar-refractivity contribution is 5.69. The number of oxazole rings is 2. The number of benzene rings is 2. The lowest BCUT2D eigenvalue weighted by atomic mass is 10.2. The molecule has 14 nitrogen and oxygen atoms in total. The van der Waals surface area contributed by atoms with Gasteiger partial charge in [0.25, 0.3) is 0 Å². The van der Waals surface area contributed by atoms with Gasteiger partial charge in [-0.3, -0.25) is 9.80 Å². The van der Waals surface area contributed by atoms with E-state index in [-0.39, 0.29) is 37.9 Å². The Morgan fingerprint density at radius 2 is 1.33 bits per heavy atom. The van der Waals surface area contributed by atoms with Crippen LogP contribution in [0.1, 0.15) is 59.4 Å². The molecule has 2 fully saturated rings. The van der Waals surface area contributed by atoms with Gasteiger partial charge in [-0.2, -0.15) is 0 Å². The molecule has 2 aliphatic rings. The van der Waals surface area contributed by atoms with Gasteiger partial charge < -0.3 is 24.0 Å². The first-order valence-electron chi connectivity index (χ1n) is 14.9. The summed E-state index contributed by atoms with van der Waals surface area (Å²) < 4.78 is 21.8. The summed E-state index contributed by atoms with van der Waals surface area (Å²) in [6.07, 6.45) is 3.47. The van der Waals surface area contributed by atoms with Crippen LogP contribution in [0.4, 0.5) is 9.59 Å². The zero-order valence-corrected chi connectivity index (χ0v) is 25.6. The summed E-state index contributed by atoms with van der Waals surface area (Å²) in [6.45, 7) is 4.75. The van der Waals surface area contributed by atoms with Gasteiger partial charge in [0, 0.05) is 24.0 Å². The molecule has 0 aliphatic carbocycles. The molecular formula is C32H36N8O6. The van der Waals surface area contributed by atoms with Gasteiger partial charge in [-0.1, -0.05) is 65.8 Å². The molecule has 4 aromatic rings. The summed E-state index contributed by atoms with van der Waals surface area (Å²) in [7, 11) is 0. The van der Waals surface area contributed by atoms with E-state index in [4.69, 9.17) is 29.6 Å². The standard InChI is InChI=1S/C16H17N5O3.C16H19N3O3/c1-11-8-18-15(24-11)14-7-13(19-20-17)9-21(14)16(22)23-10-12-5-3-2-4-6-12;1-11-8-18-15(22-11)14-7-13(17)9-19(14)16(20)21-10-12-5-3-2-4-6-12/h2-6,8,13-14H,7,9-10H2,1H3;2-6,8,13-14H,7,9-10,17H2,1H3/t2*13-,14-/m00/s1. The Balaban J connectivity index is 0.000000182. The molecule has 2 amide bonds. The number of aromatic nitrogens is 2. The van der Waals surface area contributed by atoms with E-state index in [1.54, 1.807) is 24.2 Å². The van der Waals surface area contributed by atoms with Crippen LogP contribution >= 0.6 is 0 Å². The summed E-state index contributed by atoms with van der Waals surface area (Å²) in [5.74, 6) is 2.32. The Morgan fingerprint density at radius 1 is 0.848 bits per heavy atom. The van der Waals surface area contributed by atoms with Crippen molar-refractivity contribution in [3.63, 3.8) is 0 Å². The number of ether oxygens (including phenoxy) is 2. The van der Waals surface area contributed by atoms with Crippen molar-refractivity contribution in [3.05, 3.63) is 118 Å². The van der Waals surface area contributed by atoms with E-state index in [0.29, 0.717) is 42.7 Å². The van der Waals surface area contributed by atoms with Crippen molar-refractivity contribution in [3.8, 4) is 0 Å². The number of carbonyl (C=O) groups excluding carboxylic acids is 2. The third-order valence-electron chi connectivity index (χ3n) is 7.56. The van der Waals surface area contributed by atoms with Crippen LogP contribution in [0.25, 0.3) is 10.4 Å². The highest BCUT2D eigenvalue weighted by atomic mass is 16.6. The van der Waals surface area contributed by atoms with Crippen LogP contribution in [0.15, 0.2) is 87.0 Å². The lowest BCUT2D eigenvalue weighted by molar-refractivity contribution is 0.0868.